The molecule has 122 valence electrons. The van der Waals surface area contributed by atoms with Crippen LogP contribution in [-0.2, 0) is 0 Å². The van der Waals surface area contributed by atoms with E-state index in [-0.39, 0.29) is 0 Å². The lowest BCUT2D eigenvalue weighted by molar-refractivity contribution is 0.524. The third-order valence-corrected chi connectivity index (χ3v) is 4.33. The Kier molecular flexibility index (Phi) is 3.94. The van der Waals surface area contributed by atoms with Gasteiger partial charge in [-0.05, 0) is 44.0 Å². The average Bonchev–Trinajstić information content (AvgIpc) is 2.62. The van der Waals surface area contributed by atoms with Crippen LogP contribution in [0.3, 0.4) is 0 Å². The second-order valence-corrected chi connectivity index (χ2v) is 6.21. The maximum absolute atomic E-state index is 4.66. The Balaban J connectivity index is 1.48. The summed E-state index contributed by atoms with van der Waals surface area (Å²) in [6.07, 6.45) is 4.05. The highest BCUT2D eigenvalue weighted by Gasteiger charge is 2.21. The number of piperidine rings is 1. The van der Waals surface area contributed by atoms with Crippen LogP contribution in [0.15, 0.2) is 42.6 Å². The number of fused-ring (bicyclic) bond motifs is 1. The largest absolute Gasteiger partial charge is 0.364 e. The van der Waals surface area contributed by atoms with Gasteiger partial charge in [-0.2, -0.15) is 5.10 Å². The van der Waals surface area contributed by atoms with Crippen LogP contribution in [-0.4, -0.2) is 39.3 Å². The molecular formula is C18H20N6. The summed E-state index contributed by atoms with van der Waals surface area (Å²) in [6.45, 7) is 3.86. The van der Waals surface area contributed by atoms with E-state index in [0.29, 0.717) is 6.04 Å². The van der Waals surface area contributed by atoms with Crippen molar-refractivity contribution in [3.8, 4) is 0 Å². The lowest BCUT2D eigenvalue weighted by atomic mass is 10.1. The van der Waals surface area contributed by atoms with E-state index >= 15 is 0 Å². The van der Waals surface area contributed by atoms with Gasteiger partial charge in [0.15, 0.2) is 5.82 Å². The highest BCUT2D eigenvalue weighted by Crippen LogP contribution is 2.20. The van der Waals surface area contributed by atoms with Gasteiger partial charge in [-0.3, -0.25) is 4.98 Å². The molecule has 0 spiro atoms. The first-order valence-electron chi connectivity index (χ1n) is 8.31. The molecule has 24 heavy (non-hydrogen) atoms. The SMILES string of the molecule is Cc1ccc(N2CCC[C@H](Nc3cnc4ccccc4n3)C2)nn1. The Labute approximate surface area is 141 Å². The van der Waals surface area contributed by atoms with E-state index in [2.05, 4.69) is 30.4 Å². The van der Waals surface area contributed by atoms with Crippen LogP contribution < -0.4 is 10.2 Å². The van der Waals surface area contributed by atoms with Gasteiger partial charge in [0.1, 0.15) is 5.82 Å². The van der Waals surface area contributed by atoms with Crippen LogP contribution in [0.1, 0.15) is 18.5 Å². The van der Waals surface area contributed by atoms with Crippen molar-refractivity contribution in [1.29, 1.82) is 0 Å². The van der Waals surface area contributed by atoms with Gasteiger partial charge in [0.05, 0.1) is 22.9 Å². The molecule has 0 unspecified atom stereocenters. The number of hydrogen-bond acceptors (Lipinski definition) is 6. The van der Waals surface area contributed by atoms with E-state index in [0.717, 1.165) is 54.3 Å². The molecule has 1 aliphatic heterocycles. The monoisotopic (exact) mass is 320 g/mol. The molecule has 1 N–H and O–H groups in total. The molecule has 3 aromatic rings. The fraction of sp³-hybridized carbons (Fsp3) is 0.333. The van der Waals surface area contributed by atoms with Crippen molar-refractivity contribution < 1.29 is 0 Å². The van der Waals surface area contributed by atoms with E-state index in [4.69, 9.17) is 0 Å². The number of anilines is 2. The van der Waals surface area contributed by atoms with Crippen molar-refractivity contribution in [3.63, 3.8) is 0 Å². The molecule has 6 heteroatoms. The van der Waals surface area contributed by atoms with Gasteiger partial charge in [-0.25, -0.2) is 4.98 Å². The van der Waals surface area contributed by atoms with Crippen LogP contribution in [0.5, 0.6) is 0 Å². The number of nitrogens with one attached hydrogen (secondary N) is 1. The zero-order valence-electron chi connectivity index (χ0n) is 13.7. The predicted molar refractivity (Wildman–Crippen MR) is 95.2 cm³/mol. The summed E-state index contributed by atoms with van der Waals surface area (Å²) < 4.78 is 0. The zero-order chi connectivity index (χ0) is 16.4. The molecule has 4 rings (SSSR count). The van der Waals surface area contributed by atoms with Crippen LogP contribution in [0.25, 0.3) is 11.0 Å². The molecule has 0 aliphatic carbocycles. The smallest absolute Gasteiger partial charge is 0.151 e. The number of benzene rings is 1. The summed E-state index contributed by atoms with van der Waals surface area (Å²) in [5.41, 5.74) is 2.78. The topological polar surface area (TPSA) is 66.8 Å². The molecule has 1 aromatic carbocycles. The summed E-state index contributed by atoms with van der Waals surface area (Å²) in [5, 5.41) is 12.0. The van der Waals surface area contributed by atoms with Crippen LogP contribution in [0.4, 0.5) is 11.6 Å². The summed E-state index contributed by atoms with van der Waals surface area (Å²) in [6, 6.07) is 12.3. The van der Waals surface area contributed by atoms with E-state index in [1.54, 1.807) is 0 Å². The quantitative estimate of drug-likeness (QED) is 0.800. The molecular weight excluding hydrogens is 300 g/mol. The number of aromatic nitrogens is 4. The van der Waals surface area contributed by atoms with Crippen molar-refractivity contribution in [2.24, 2.45) is 0 Å². The van der Waals surface area contributed by atoms with Crippen LogP contribution >= 0.6 is 0 Å². The maximum Gasteiger partial charge on any atom is 0.151 e. The van der Waals surface area contributed by atoms with Crippen molar-refractivity contribution in [2.45, 2.75) is 25.8 Å². The average molecular weight is 320 g/mol. The maximum atomic E-state index is 4.66. The van der Waals surface area contributed by atoms with Gasteiger partial charge in [0.2, 0.25) is 0 Å². The predicted octanol–water partition coefficient (Wildman–Crippen LogP) is 2.81. The Morgan fingerprint density at radius 1 is 1.08 bits per heavy atom. The first kappa shape index (κ1) is 14.8. The highest BCUT2D eigenvalue weighted by atomic mass is 15.3. The number of aryl methyl sites for hydroxylation is 1. The molecule has 0 bridgehead atoms. The standard InChI is InChI=1S/C18H20N6/c1-13-8-9-18(23-22-13)24-10-4-5-14(12-24)20-17-11-19-15-6-2-3-7-16(15)21-17/h2-3,6-9,11,14H,4-5,10,12H2,1H3,(H,20,21)/t14-/m0/s1. The molecule has 1 aliphatic rings. The van der Waals surface area contributed by atoms with E-state index in [1.807, 2.05) is 49.5 Å². The third kappa shape index (κ3) is 3.13. The molecule has 1 fully saturated rings. The van der Waals surface area contributed by atoms with Gasteiger partial charge in [-0.1, -0.05) is 12.1 Å². The fourth-order valence-electron chi connectivity index (χ4n) is 3.10. The summed E-state index contributed by atoms with van der Waals surface area (Å²) in [4.78, 5) is 11.4. The van der Waals surface area contributed by atoms with Gasteiger partial charge in [0.25, 0.3) is 0 Å². The molecule has 1 saturated heterocycles. The second-order valence-electron chi connectivity index (χ2n) is 6.21. The molecule has 6 nitrogen and oxygen atoms in total. The Morgan fingerprint density at radius 3 is 2.79 bits per heavy atom. The minimum absolute atomic E-state index is 0.331. The second kappa shape index (κ2) is 6.39. The minimum atomic E-state index is 0.331. The van der Waals surface area contributed by atoms with E-state index in [9.17, 15) is 0 Å². The van der Waals surface area contributed by atoms with E-state index in [1.165, 1.54) is 0 Å². The van der Waals surface area contributed by atoms with Crippen molar-refractivity contribution in [2.75, 3.05) is 23.3 Å². The number of para-hydroxylation sites is 2. The molecule has 2 aromatic heterocycles. The number of rotatable bonds is 3. The minimum Gasteiger partial charge on any atom is -0.364 e. The molecule has 3 heterocycles. The van der Waals surface area contributed by atoms with Gasteiger partial charge in [-0.15, -0.1) is 5.10 Å². The first-order valence-corrected chi connectivity index (χ1v) is 8.31. The number of nitrogens with zero attached hydrogens (tertiary/aromatic N) is 5. The fourth-order valence-corrected chi connectivity index (χ4v) is 3.10. The van der Waals surface area contributed by atoms with Crippen molar-refractivity contribution >= 4 is 22.7 Å². The zero-order valence-corrected chi connectivity index (χ0v) is 13.7. The van der Waals surface area contributed by atoms with E-state index < -0.39 is 0 Å². The summed E-state index contributed by atoms with van der Waals surface area (Å²) in [5.74, 6) is 1.77. The van der Waals surface area contributed by atoms with Crippen LogP contribution in [0.2, 0.25) is 0 Å². The van der Waals surface area contributed by atoms with Crippen LogP contribution in [0, 0.1) is 6.92 Å². The summed E-state index contributed by atoms with van der Waals surface area (Å²) >= 11 is 0. The molecule has 1 atom stereocenters. The Morgan fingerprint density at radius 2 is 1.96 bits per heavy atom. The lowest BCUT2D eigenvalue weighted by Crippen LogP contribution is -2.42. The Hall–Kier alpha value is -2.76. The molecule has 0 amide bonds. The highest BCUT2D eigenvalue weighted by molar-refractivity contribution is 5.75. The number of hydrogen-bond donors (Lipinski definition) is 1. The normalized spacial score (nSPS) is 17.9. The molecule has 0 saturated carbocycles. The Bertz CT molecular complexity index is 832. The first-order chi connectivity index (χ1) is 11.8. The van der Waals surface area contributed by atoms with Gasteiger partial charge < -0.3 is 10.2 Å². The van der Waals surface area contributed by atoms with Crippen molar-refractivity contribution in [3.05, 3.63) is 48.3 Å². The van der Waals surface area contributed by atoms with Gasteiger partial charge in [0, 0.05) is 19.1 Å². The summed E-state index contributed by atoms with van der Waals surface area (Å²) in [7, 11) is 0. The van der Waals surface area contributed by atoms with Crippen molar-refractivity contribution in [1.82, 2.24) is 20.2 Å². The molecule has 0 radical (unpaired) electrons. The lowest BCUT2D eigenvalue weighted by Gasteiger charge is -2.33. The third-order valence-electron chi connectivity index (χ3n) is 4.33. The van der Waals surface area contributed by atoms with Gasteiger partial charge >= 0.3 is 0 Å².